The molecule has 3 nitrogen and oxygen atoms in total. The Bertz CT molecular complexity index is 676. The number of hydrogen-bond acceptors (Lipinski definition) is 3. The number of aryl methyl sites for hydroxylation is 2. The third-order valence-electron chi connectivity index (χ3n) is 5.70. The van der Waals surface area contributed by atoms with E-state index in [4.69, 9.17) is 9.47 Å². The van der Waals surface area contributed by atoms with Crippen LogP contribution in [-0.2, 0) is 22.3 Å². The Kier molecular flexibility index (Phi) is 6.44. The number of unbranched alkanes of at least 4 members (excludes halogenated alkanes) is 2. The molecule has 0 N–H and O–H groups in total. The first-order valence-corrected chi connectivity index (χ1v) is 10.6. The van der Waals surface area contributed by atoms with E-state index >= 15 is 0 Å². The summed E-state index contributed by atoms with van der Waals surface area (Å²) in [6.45, 7) is 2.74. The first kappa shape index (κ1) is 18.5. The molecule has 1 saturated heterocycles. The molecule has 2 aliphatic heterocycles. The third kappa shape index (κ3) is 4.72. The Labute approximate surface area is 163 Å². The molecule has 1 atom stereocenters. The van der Waals surface area contributed by atoms with Crippen LogP contribution in [0.5, 0.6) is 0 Å². The molecular weight excluding hydrogens is 334 g/mol. The molecule has 2 aromatic rings. The SMILES string of the molecule is c1ccc2c(c1)CCc1ccccc1N2CCCCCOC1CCCCO1. The Balaban J connectivity index is 1.32. The quantitative estimate of drug-likeness (QED) is 0.593. The van der Waals surface area contributed by atoms with Crippen LogP contribution in [0.4, 0.5) is 11.4 Å². The van der Waals surface area contributed by atoms with E-state index in [1.54, 1.807) is 0 Å². The fourth-order valence-corrected chi connectivity index (χ4v) is 4.22. The average Bonchev–Trinajstić information content (AvgIpc) is 2.89. The van der Waals surface area contributed by atoms with Crippen molar-refractivity contribution >= 4 is 11.4 Å². The van der Waals surface area contributed by atoms with Gasteiger partial charge in [0.25, 0.3) is 0 Å². The van der Waals surface area contributed by atoms with Gasteiger partial charge in [-0.2, -0.15) is 0 Å². The van der Waals surface area contributed by atoms with Crippen molar-refractivity contribution in [2.75, 3.05) is 24.7 Å². The van der Waals surface area contributed by atoms with Crippen LogP contribution in [0.25, 0.3) is 0 Å². The molecule has 0 spiro atoms. The molecule has 0 aliphatic carbocycles. The number of ether oxygens (including phenoxy) is 2. The van der Waals surface area contributed by atoms with Gasteiger partial charge >= 0.3 is 0 Å². The van der Waals surface area contributed by atoms with Gasteiger partial charge in [-0.3, -0.25) is 0 Å². The van der Waals surface area contributed by atoms with Gasteiger partial charge in [-0.05, 0) is 74.6 Å². The number of benzene rings is 2. The highest BCUT2D eigenvalue weighted by molar-refractivity contribution is 5.71. The number of rotatable bonds is 7. The standard InChI is InChI=1S/C24H31NO2/c1(8-18-26-24-14-6-9-19-27-24)7-17-25-22-12-4-2-10-20(22)15-16-21-11-3-5-13-23(21)25/h2-5,10-13,24H,1,6-9,14-19H2. The normalized spacial score (nSPS) is 19.3. The van der Waals surface area contributed by atoms with Crippen molar-refractivity contribution in [2.24, 2.45) is 0 Å². The van der Waals surface area contributed by atoms with Crippen LogP contribution in [0.1, 0.15) is 49.7 Å². The van der Waals surface area contributed by atoms with Crippen molar-refractivity contribution < 1.29 is 9.47 Å². The monoisotopic (exact) mass is 365 g/mol. The largest absolute Gasteiger partial charge is 0.353 e. The molecule has 3 heteroatoms. The van der Waals surface area contributed by atoms with E-state index in [1.165, 1.54) is 48.2 Å². The molecule has 144 valence electrons. The summed E-state index contributed by atoms with van der Waals surface area (Å²) in [6, 6.07) is 17.8. The van der Waals surface area contributed by atoms with Gasteiger partial charge in [0, 0.05) is 31.1 Å². The first-order valence-electron chi connectivity index (χ1n) is 10.6. The third-order valence-corrected chi connectivity index (χ3v) is 5.70. The maximum atomic E-state index is 5.87. The Morgan fingerprint density at radius 2 is 1.56 bits per heavy atom. The molecule has 0 radical (unpaired) electrons. The van der Waals surface area contributed by atoms with E-state index in [-0.39, 0.29) is 6.29 Å². The second-order valence-electron chi connectivity index (χ2n) is 7.64. The smallest absolute Gasteiger partial charge is 0.157 e. The van der Waals surface area contributed by atoms with Crippen molar-refractivity contribution in [3.8, 4) is 0 Å². The number of hydrogen-bond donors (Lipinski definition) is 0. The second kappa shape index (κ2) is 9.38. The maximum Gasteiger partial charge on any atom is 0.157 e. The minimum atomic E-state index is 0.0445. The van der Waals surface area contributed by atoms with Crippen molar-refractivity contribution in [2.45, 2.75) is 57.7 Å². The summed E-state index contributed by atoms with van der Waals surface area (Å²) in [5.41, 5.74) is 5.70. The van der Waals surface area contributed by atoms with Crippen LogP contribution in [0.2, 0.25) is 0 Å². The average molecular weight is 366 g/mol. The first-order chi connectivity index (χ1) is 13.4. The number of para-hydroxylation sites is 2. The van der Waals surface area contributed by atoms with E-state index in [9.17, 15) is 0 Å². The molecule has 2 aliphatic rings. The van der Waals surface area contributed by atoms with Gasteiger partial charge in [0.15, 0.2) is 6.29 Å². The lowest BCUT2D eigenvalue weighted by atomic mass is 10.0. The topological polar surface area (TPSA) is 21.7 Å². The summed E-state index contributed by atoms with van der Waals surface area (Å²) in [6.07, 6.45) is 9.24. The van der Waals surface area contributed by atoms with Crippen molar-refractivity contribution in [1.29, 1.82) is 0 Å². The van der Waals surface area contributed by atoms with Gasteiger partial charge in [0.05, 0.1) is 0 Å². The van der Waals surface area contributed by atoms with Gasteiger partial charge in [0.2, 0.25) is 0 Å². The van der Waals surface area contributed by atoms with Crippen LogP contribution in [0.3, 0.4) is 0 Å². The maximum absolute atomic E-state index is 5.87. The second-order valence-corrected chi connectivity index (χ2v) is 7.64. The molecule has 27 heavy (non-hydrogen) atoms. The van der Waals surface area contributed by atoms with Crippen LogP contribution in [0, 0.1) is 0 Å². The van der Waals surface area contributed by atoms with E-state index in [1.807, 2.05) is 0 Å². The zero-order valence-corrected chi connectivity index (χ0v) is 16.2. The Hall–Kier alpha value is -1.84. The molecule has 1 fully saturated rings. The van der Waals surface area contributed by atoms with Crippen LogP contribution in [0.15, 0.2) is 48.5 Å². The van der Waals surface area contributed by atoms with Crippen LogP contribution < -0.4 is 4.90 Å². The summed E-state index contributed by atoms with van der Waals surface area (Å²) in [5, 5.41) is 0. The Morgan fingerprint density at radius 3 is 2.22 bits per heavy atom. The molecule has 2 aromatic carbocycles. The fourth-order valence-electron chi connectivity index (χ4n) is 4.22. The fraction of sp³-hybridized carbons (Fsp3) is 0.500. The zero-order chi connectivity index (χ0) is 18.3. The number of fused-ring (bicyclic) bond motifs is 2. The summed E-state index contributed by atoms with van der Waals surface area (Å²) in [7, 11) is 0. The minimum absolute atomic E-state index is 0.0445. The van der Waals surface area contributed by atoms with E-state index < -0.39 is 0 Å². The lowest BCUT2D eigenvalue weighted by molar-refractivity contribution is -0.162. The predicted octanol–water partition coefficient (Wildman–Crippen LogP) is 5.64. The molecule has 0 aromatic heterocycles. The molecule has 1 unspecified atom stereocenters. The number of anilines is 2. The van der Waals surface area contributed by atoms with Gasteiger partial charge < -0.3 is 14.4 Å². The molecule has 0 bridgehead atoms. The lowest BCUT2D eigenvalue weighted by Crippen LogP contribution is -2.23. The summed E-state index contributed by atoms with van der Waals surface area (Å²) in [5.74, 6) is 0. The highest BCUT2D eigenvalue weighted by Gasteiger charge is 2.19. The summed E-state index contributed by atoms with van der Waals surface area (Å²) >= 11 is 0. The van der Waals surface area contributed by atoms with Gasteiger partial charge in [-0.25, -0.2) is 0 Å². The van der Waals surface area contributed by atoms with Gasteiger partial charge in [-0.1, -0.05) is 36.4 Å². The highest BCUT2D eigenvalue weighted by Crippen LogP contribution is 2.36. The van der Waals surface area contributed by atoms with Crippen LogP contribution >= 0.6 is 0 Å². The molecule has 0 amide bonds. The van der Waals surface area contributed by atoms with Crippen molar-refractivity contribution in [1.82, 2.24) is 0 Å². The van der Waals surface area contributed by atoms with E-state index in [0.717, 1.165) is 45.4 Å². The van der Waals surface area contributed by atoms with Gasteiger partial charge in [-0.15, -0.1) is 0 Å². The summed E-state index contributed by atoms with van der Waals surface area (Å²) in [4.78, 5) is 2.53. The van der Waals surface area contributed by atoms with E-state index in [2.05, 4.69) is 53.4 Å². The van der Waals surface area contributed by atoms with Crippen LogP contribution in [-0.4, -0.2) is 26.0 Å². The predicted molar refractivity (Wildman–Crippen MR) is 111 cm³/mol. The molecule has 0 saturated carbocycles. The summed E-state index contributed by atoms with van der Waals surface area (Å²) < 4.78 is 11.5. The van der Waals surface area contributed by atoms with Gasteiger partial charge in [0.1, 0.15) is 0 Å². The number of nitrogens with zero attached hydrogens (tertiary/aromatic N) is 1. The molecular formula is C24H31NO2. The highest BCUT2D eigenvalue weighted by atomic mass is 16.7. The molecule has 2 heterocycles. The zero-order valence-electron chi connectivity index (χ0n) is 16.2. The minimum Gasteiger partial charge on any atom is -0.353 e. The lowest BCUT2D eigenvalue weighted by Gasteiger charge is -2.27. The molecule has 4 rings (SSSR count). The van der Waals surface area contributed by atoms with E-state index in [0.29, 0.717) is 0 Å². The van der Waals surface area contributed by atoms with Crippen molar-refractivity contribution in [3.05, 3.63) is 59.7 Å². The Morgan fingerprint density at radius 1 is 0.852 bits per heavy atom. The van der Waals surface area contributed by atoms with Crippen molar-refractivity contribution in [3.63, 3.8) is 0 Å².